The second-order valence-electron chi connectivity index (χ2n) is 4.68. The third-order valence-corrected chi connectivity index (χ3v) is 3.22. The van der Waals surface area contributed by atoms with Crippen LogP contribution in [-0.4, -0.2) is 50.6 Å². The van der Waals surface area contributed by atoms with Crippen LogP contribution in [0.25, 0.3) is 0 Å². The Morgan fingerprint density at radius 2 is 1.82 bits per heavy atom. The average molecular weight is 240 g/mol. The highest BCUT2D eigenvalue weighted by Gasteiger charge is 2.09. The van der Waals surface area contributed by atoms with Gasteiger partial charge in [-0.25, -0.2) is 0 Å². The van der Waals surface area contributed by atoms with E-state index in [1.807, 2.05) is 7.05 Å². The highest BCUT2D eigenvalue weighted by atomic mass is 15.2. The first-order valence-corrected chi connectivity index (χ1v) is 7.03. The Hall–Kier alpha value is -0.770. The van der Waals surface area contributed by atoms with Crippen LogP contribution in [-0.2, 0) is 0 Å². The first kappa shape index (κ1) is 14.3. The molecule has 0 unspecified atom stereocenters. The fourth-order valence-corrected chi connectivity index (χ4v) is 2.12. The Labute approximate surface area is 106 Å². The van der Waals surface area contributed by atoms with E-state index in [2.05, 4.69) is 27.4 Å². The third-order valence-electron chi connectivity index (χ3n) is 3.22. The zero-order valence-corrected chi connectivity index (χ0v) is 11.5. The molecule has 100 valence electrons. The largest absolute Gasteiger partial charge is 0.356 e. The van der Waals surface area contributed by atoms with E-state index >= 15 is 0 Å². The van der Waals surface area contributed by atoms with Crippen molar-refractivity contribution in [1.29, 1.82) is 0 Å². The fraction of sp³-hybridized carbons (Fsp3) is 0.923. The van der Waals surface area contributed by atoms with Crippen LogP contribution in [0.15, 0.2) is 4.99 Å². The van der Waals surface area contributed by atoms with Crippen LogP contribution in [0, 0.1) is 0 Å². The molecule has 4 nitrogen and oxygen atoms in total. The summed E-state index contributed by atoms with van der Waals surface area (Å²) in [5, 5.41) is 6.70. The lowest BCUT2D eigenvalue weighted by atomic mass is 10.1. The van der Waals surface area contributed by atoms with Gasteiger partial charge in [0, 0.05) is 26.7 Å². The molecule has 0 aromatic heterocycles. The minimum Gasteiger partial charge on any atom is -0.356 e. The maximum atomic E-state index is 4.22. The van der Waals surface area contributed by atoms with E-state index in [0.29, 0.717) is 0 Å². The predicted molar refractivity (Wildman–Crippen MR) is 74.6 cm³/mol. The summed E-state index contributed by atoms with van der Waals surface area (Å²) in [6.07, 6.45) is 6.56. The maximum Gasteiger partial charge on any atom is 0.191 e. The molecule has 4 heteroatoms. The van der Waals surface area contributed by atoms with E-state index < -0.39 is 0 Å². The first-order chi connectivity index (χ1) is 8.36. The van der Waals surface area contributed by atoms with Gasteiger partial charge < -0.3 is 15.5 Å². The maximum absolute atomic E-state index is 4.22. The standard InChI is InChI=1S/C13H28N4/c1-3-4-8-15-13(14-2)16-9-12-17-10-6-5-7-11-17/h3-12H2,1-2H3,(H2,14,15,16). The van der Waals surface area contributed by atoms with Crippen molar-refractivity contribution in [3.8, 4) is 0 Å². The minimum atomic E-state index is 0.940. The predicted octanol–water partition coefficient (Wildman–Crippen LogP) is 1.44. The van der Waals surface area contributed by atoms with Crippen LogP contribution in [0.1, 0.15) is 39.0 Å². The van der Waals surface area contributed by atoms with Crippen LogP contribution in [0.4, 0.5) is 0 Å². The van der Waals surface area contributed by atoms with Crippen molar-refractivity contribution in [2.24, 2.45) is 4.99 Å². The number of hydrogen-bond acceptors (Lipinski definition) is 2. The lowest BCUT2D eigenvalue weighted by Gasteiger charge is -2.26. The quantitative estimate of drug-likeness (QED) is 0.419. The SMILES string of the molecule is CCCCNC(=NC)NCCN1CCCCC1. The summed E-state index contributed by atoms with van der Waals surface area (Å²) < 4.78 is 0. The molecule has 0 aliphatic carbocycles. The van der Waals surface area contributed by atoms with Crippen molar-refractivity contribution in [2.45, 2.75) is 39.0 Å². The Morgan fingerprint density at radius 1 is 1.12 bits per heavy atom. The molecule has 0 radical (unpaired) electrons. The molecule has 0 amide bonds. The molecule has 0 spiro atoms. The average Bonchev–Trinajstić information content (AvgIpc) is 2.38. The summed E-state index contributed by atoms with van der Waals surface area (Å²) in [6, 6.07) is 0. The number of aliphatic imine (C=N–C) groups is 1. The monoisotopic (exact) mass is 240 g/mol. The molecule has 1 rings (SSSR count). The zero-order chi connectivity index (χ0) is 12.3. The van der Waals surface area contributed by atoms with Crippen molar-refractivity contribution < 1.29 is 0 Å². The number of likely N-dealkylation sites (tertiary alicyclic amines) is 1. The van der Waals surface area contributed by atoms with Gasteiger partial charge in [-0.3, -0.25) is 4.99 Å². The number of nitrogens with one attached hydrogen (secondary N) is 2. The van der Waals surface area contributed by atoms with E-state index in [4.69, 9.17) is 0 Å². The number of nitrogens with zero attached hydrogens (tertiary/aromatic N) is 2. The van der Waals surface area contributed by atoms with Crippen molar-refractivity contribution >= 4 is 5.96 Å². The van der Waals surface area contributed by atoms with Crippen molar-refractivity contribution in [1.82, 2.24) is 15.5 Å². The molecule has 1 aliphatic rings. The normalized spacial score (nSPS) is 18.1. The Bertz CT molecular complexity index is 209. The highest BCUT2D eigenvalue weighted by molar-refractivity contribution is 5.79. The minimum absolute atomic E-state index is 0.940. The summed E-state index contributed by atoms with van der Waals surface area (Å²) in [5.74, 6) is 0.940. The lowest BCUT2D eigenvalue weighted by molar-refractivity contribution is 0.232. The second kappa shape index (κ2) is 9.28. The van der Waals surface area contributed by atoms with Crippen LogP contribution in [0.3, 0.4) is 0 Å². The van der Waals surface area contributed by atoms with Gasteiger partial charge in [0.15, 0.2) is 5.96 Å². The van der Waals surface area contributed by atoms with Crippen LogP contribution in [0.5, 0.6) is 0 Å². The Morgan fingerprint density at radius 3 is 2.47 bits per heavy atom. The number of unbranched alkanes of at least 4 members (excludes halogenated alkanes) is 1. The summed E-state index contributed by atoms with van der Waals surface area (Å²) in [5.41, 5.74) is 0. The van der Waals surface area contributed by atoms with Gasteiger partial charge in [-0.1, -0.05) is 19.8 Å². The zero-order valence-electron chi connectivity index (χ0n) is 11.5. The molecule has 0 saturated carbocycles. The molecule has 2 N–H and O–H groups in total. The van der Waals surface area contributed by atoms with E-state index in [1.54, 1.807) is 0 Å². The van der Waals surface area contributed by atoms with Crippen LogP contribution < -0.4 is 10.6 Å². The number of rotatable bonds is 6. The molecule has 17 heavy (non-hydrogen) atoms. The third kappa shape index (κ3) is 6.51. The van der Waals surface area contributed by atoms with Crippen molar-refractivity contribution in [2.75, 3.05) is 39.8 Å². The summed E-state index contributed by atoms with van der Waals surface area (Å²) >= 11 is 0. The molecule has 0 aromatic carbocycles. The number of hydrogen-bond donors (Lipinski definition) is 2. The Balaban J connectivity index is 2.06. The highest BCUT2D eigenvalue weighted by Crippen LogP contribution is 2.07. The smallest absolute Gasteiger partial charge is 0.191 e. The van der Waals surface area contributed by atoms with Gasteiger partial charge in [-0.15, -0.1) is 0 Å². The lowest BCUT2D eigenvalue weighted by Crippen LogP contribution is -2.42. The molecule has 1 aliphatic heterocycles. The van der Waals surface area contributed by atoms with Crippen molar-refractivity contribution in [3.05, 3.63) is 0 Å². The molecule has 0 atom stereocenters. The molecule has 1 fully saturated rings. The summed E-state index contributed by atoms with van der Waals surface area (Å²) in [4.78, 5) is 6.76. The van der Waals surface area contributed by atoms with E-state index in [0.717, 1.165) is 25.6 Å². The Kier molecular flexibility index (Phi) is 7.80. The molecule has 1 heterocycles. The van der Waals surface area contributed by atoms with Gasteiger partial charge in [-0.2, -0.15) is 0 Å². The molecular formula is C13H28N4. The van der Waals surface area contributed by atoms with Gasteiger partial charge in [0.1, 0.15) is 0 Å². The van der Waals surface area contributed by atoms with Crippen LogP contribution in [0.2, 0.25) is 0 Å². The fourth-order valence-electron chi connectivity index (χ4n) is 2.12. The number of piperidine rings is 1. The van der Waals surface area contributed by atoms with Gasteiger partial charge in [0.25, 0.3) is 0 Å². The topological polar surface area (TPSA) is 39.7 Å². The second-order valence-corrected chi connectivity index (χ2v) is 4.68. The molecule has 0 bridgehead atoms. The summed E-state index contributed by atoms with van der Waals surface area (Å²) in [6.45, 7) is 7.88. The molecule has 1 saturated heterocycles. The first-order valence-electron chi connectivity index (χ1n) is 7.03. The van der Waals surface area contributed by atoms with Gasteiger partial charge in [0.2, 0.25) is 0 Å². The van der Waals surface area contributed by atoms with Gasteiger partial charge in [-0.05, 0) is 32.4 Å². The number of guanidine groups is 1. The van der Waals surface area contributed by atoms with Gasteiger partial charge in [0.05, 0.1) is 0 Å². The van der Waals surface area contributed by atoms with Gasteiger partial charge >= 0.3 is 0 Å². The van der Waals surface area contributed by atoms with E-state index in [9.17, 15) is 0 Å². The molecular weight excluding hydrogens is 212 g/mol. The summed E-state index contributed by atoms with van der Waals surface area (Å²) in [7, 11) is 1.84. The van der Waals surface area contributed by atoms with E-state index in [1.165, 1.54) is 45.2 Å². The van der Waals surface area contributed by atoms with Crippen LogP contribution >= 0.6 is 0 Å². The molecule has 0 aromatic rings. The van der Waals surface area contributed by atoms with E-state index in [-0.39, 0.29) is 0 Å². The van der Waals surface area contributed by atoms with Crippen molar-refractivity contribution in [3.63, 3.8) is 0 Å².